The third-order valence-corrected chi connectivity index (χ3v) is 8.90. The maximum absolute atomic E-state index is 13.3. The number of amides is 1. The van der Waals surface area contributed by atoms with Crippen LogP contribution >= 0.6 is 12.4 Å². The van der Waals surface area contributed by atoms with Crippen molar-refractivity contribution in [1.82, 2.24) is 9.80 Å². The fraction of sp³-hybridized carbons (Fsp3) is 0.500. The van der Waals surface area contributed by atoms with Crippen LogP contribution in [0.1, 0.15) is 36.0 Å². The van der Waals surface area contributed by atoms with Gasteiger partial charge in [-0.25, -0.2) is 8.42 Å². The number of benzene rings is 2. The Kier molecular flexibility index (Phi) is 7.85. The lowest BCUT2D eigenvalue weighted by molar-refractivity contribution is -0.131. The van der Waals surface area contributed by atoms with E-state index in [4.69, 9.17) is 0 Å². The zero-order chi connectivity index (χ0) is 22.8. The van der Waals surface area contributed by atoms with Crippen LogP contribution in [0.4, 0.5) is 5.69 Å². The highest BCUT2D eigenvalue weighted by molar-refractivity contribution is 7.91. The smallest absolute Gasteiger partial charge is 0.242 e. The van der Waals surface area contributed by atoms with Gasteiger partial charge in [0.05, 0.1) is 18.1 Å². The minimum Gasteiger partial charge on any atom is -0.376 e. The Hall–Kier alpha value is -2.09. The Morgan fingerprint density at radius 2 is 1.85 bits per heavy atom. The van der Waals surface area contributed by atoms with E-state index < -0.39 is 9.84 Å². The molecule has 5 rings (SSSR count). The lowest BCUT2D eigenvalue weighted by Gasteiger charge is -2.31. The quantitative estimate of drug-likeness (QED) is 0.597. The van der Waals surface area contributed by atoms with Gasteiger partial charge >= 0.3 is 0 Å². The minimum atomic E-state index is -3.07. The molecule has 1 aliphatic carbocycles. The number of hydrogen-bond acceptors (Lipinski definition) is 5. The van der Waals surface area contributed by atoms with Gasteiger partial charge in [-0.05, 0) is 54.4 Å². The number of fused-ring (bicyclic) bond motifs is 1. The van der Waals surface area contributed by atoms with E-state index >= 15 is 0 Å². The van der Waals surface area contributed by atoms with Crippen molar-refractivity contribution in [2.24, 2.45) is 5.92 Å². The number of nitrogens with zero attached hydrogens (tertiary/aromatic N) is 2. The van der Waals surface area contributed by atoms with Crippen LogP contribution in [0, 0.1) is 5.92 Å². The summed E-state index contributed by atoms with van der Waals surface area (Å²) in [6, 6.07) is 15.9. The van der Waals surface area contributed by atoms with Crippen molar-refractivity contribution in [2.45, 2.75) is 44.8 Å². The average Bonchev–Trinajstić information content (AvgIpc) is 3.56. The highest BCUT2D eigenvalue weighted by Gasteiger charge is 2.34. The predicted molar refractivity (Wildman–Crippen MR) is 138 cm³/mol. The number of nitrogens with one attached hydrogen (secondary N) is 1. The van der Waals surface area contributed by atoms with Gasteiger partial charge in [0.1, 0.15) is 0 Å². The largest absolute Gasteiger partial charge is 0.376 e. The molecule has 1 atom stereocenters. The van der Waals surface area contributed by atoms with E-state index in [-0.39, 0.29) is 42.4 Å². The van der Waals surface area contributed by atoms with Crippen LogP contribution < -0.4 is 5.32 Å². The van der Waals surface area contributed by atoms with E-state index in [0.29, 0.717) is 13.0 Å². The molecule has 2 aromatic carbocycles. The highest BCUT2D eigenvalue weighted by Crippen LogP contribution is 2.33. The lowest BCUT2D eigenvalue weighted by Crippen LogP contribution is -2.43. The van der Waals surface area contributed by atoms with Crippen LogP contribution in [0.15, 0.2) is 48.5 Å². The van der Waals surface area contributed by atoms with Gasteiger partial charge in [-0.15, -0.1) is 12.4 Å². The van der Waals surface area contributed by atoms with Gasteiger partial charge in [-0.2, -0.15) is 0 Å². The van der Waals surface area contributed by atoms with Crippen molar-refractivity contribution >= 4 is 33.8 Å². The molecule has 0 bridgehead atoms. The molecule has 8 heteroatoms. The van der Waals surface area contributed by atoms with Gasteiger partial charge in [0.15, 0.2) is 9.84 Å². The molecule has 2 aliphatic heterocycles. The standard InChI is InChI=1S/C26H33N3O3S.ClH/c30-26(29(17-20-5-2-1-3-6-20)23-12-14-33(31,32)19-23)15-27-25-8-4-7-22-18-28(13-11-24(22)25)16-21-9-10-21;/h1-8,21,23,27H,9-19H2;1H. The first-order chi connectivity index (χ1) is 16.0. The molecule has 2 heterocycles. The molecule has 184 valence electrons. The third-order valence-electron chi connectivity index (χ3n) is 7.15. The highest BCUT2D eigenvalue weighted by atomic mass is 35.5. The minimum absolute atomic E-state index is 0. The second-order valence-corrected chi connectivity index (χ2v) is 12.0. The summed E-state index contributed by atoms with van der Waals surface area (Å²) in [6.45, 7) is 3.86. The van der Waals surface area contributed by atoms with E-state index in [1.54, 1.807) is 4.90 Å². The van der Waals surface area contributed by atoms with Crippen molar-refractivity contribution in [1.29, 1.82) is 0 Å². The molecule has 1 saturated heterocycles. The number of hydrogen-bond donors (Lipinski definition) is 1. The summed E-state index contributed by atoms with van der Waals surface area (Å²) < 4.78 is 24.2. The molecule has 0 aromatic heterocycles. The Bertz CT molecular complexity index is 1110. The number of sulfone groups is 1. The zero-order valence-corrected chi connectivity index (χ0v) is 21.1. The van der Waals surface area contributed by atoms with Crippen LogP contribution in [-0.4, -0.2) is 61.3 Å². The topological polar surface area (TPSA) is 69.7 Å². The molecule has 0 spiro atoms. The van der Waals surface area contributed by atoms with Crippen LogP contribution in [0.5, 0.6) is 0 Å². The summed E-state index contributed by atoms with van der Waals surface area (Å²) in [4.78, 5) is 17.6. The predicted octanol–water partition coefficient (Wildman–Crippen LogP) is 3.50. The number of halogens is 1. The summed E-state index contributed by atoms with van der Waals surface area (Å²) in [5, 5.41) is 3.39. The molecule has 6 nitrogen and oxygen atoms in total. The van der Waals surface area contributed by atoms with Crippen LogP contribution in [0.3, 0.4) is 0 Å². The van der Waals surface area contributed by atoms with Crippen molar-refractivity contribution < 1.29 is 13.2 Å². The first-order valence-corrected chi connectivity index (χ1v) is 13.9. The maximum atomic E-state index is 13.3. The second-order valence-electron chi connectivity index (χ2n) is 9.79. The Morgan fingerprint density at radius 1 is 1.06 bits per heavy atom. The fourth-order valence-electron chi connectivity index (χ4n) is 5.15. The molecule has 1 N–H and O–H groups in total. The molecule has 2 aromatic rings. The summed E-state index contributed by atoms with van der Waals surface area (Å²) in [7, 11) is -3.07. The van der Waals surface area contributed by atoms with Gasteiger partial charge in [0.2, 0.25) is 5.91 Å². The fourth-order valence-corrected chi connectivity index (χ4v) is 6.88. The first-order valence-electron chi connectivity index (χ1n) is 12.1. The second kappa shape index (κ2) is 10.7. The van der Waals surface area contributed by atoms with E-state index in [0.717, 1.165) is 36.7 Å². The number of carbonyl (C=O) groups excluding carboxylic acids is 1. The number of rotatable bonds is 8. The number of anilines is 1. The van der Waals surface area contributed by atoms with Crippen molar-refractivity contribution in [3.05, 3.63) is 65.2 Å². The molecule has 3 aliphatic rings. The van der Waals surface area contributed by atoms with Crippen molar-refractivity contribution in [3.8, 4) is 0 Å². The Balaban J connectivity index is 0.00000274. The Morgan fingerprint density at radius 3 is 2.56 bits per heavy atom. The van der Waals surface area contributed by atoms with Gasteiger partial charge < -0.3 is 10.2 Å². The van der Waals surface area contributed by atoms with E-state index in [1.807, 2.05) is 30.3 Å². The third kappa shape index (κ3) is 6.12. The van der Waals surface area contributed by atoms with Crippen LogP contribution in [0.2, 0.25) is 0 Å². The van der Waals surface area contributed by atoms with E-state index in [9.17, 15) is 13.2 Å². The van der Waals surface area contributed by atoms with E-state index in [2.05, 4.69) is 28.4 Å². The molecule has 34 heavy (non-hydrogen) atoms. The molecule has 1 amide bonds. The molecular weight excluding hydrogens is 470 g/mol. The maximum Gasteiger partial charge on any atom is 0.242 e. The lowest BCUT2D eigenvalue weighted by atomic mass is 9.97. The summed E-state index contributed by atoms with van der Waals surface area (Å²) >= 11 is 0. The van der Waals surface area contributed by atoms with Gasteiger partial charge in [0, 0.05) is 37.9 Å². The monoisotopic (exact) mass is 503 g/mol. The van der Waals surface area contributed by atoms with Crippen LogP contribution in [0.25, 0.3) is 0 Å². The Labute approximate surface area is 209 Å². The van der Waals surface area contributed by atoms with Gasteiger partial charge in [0.25, 0.3) is 0 Å². The summed E-state index contributed by atoms with van der Waals surface area (Å²) in [5.41, 5.74) is 4.71. The molecule has 0 radical (unpaired) electrons. The molecule has 1 unspecified atom stereocenters. The van der Waals surface area contributed by atoms with Gasteiger partial charge in [-0.3, -0.25) is 9.69 Å². The molecule has 1 saturated carbocycles. The normalized spacial score (nSPS) is 21.4. The van der Waals surface area contributed by atoms with Crippen molar-refractivity contribution in [2.75, 3.05) is 36.5 Å². The SMILES string of the molecule is Cl.O=C(CNc1cccc2c1CCN(CC1CC1)C2)N(Cc1ccccc1)C1CCS(=O)(=O)C1. The number of carbonyl (C=O) groups is 1. The average molecular weight is 504 g/mol. The van der Waals surface area contributed by atoms with Gasteiger partial charge in [-0.1, -0.05) is 42.5 Å². The van der Waals surface area contributed by atoms with Crippen molar-refractivity contribution in [3.63, 3.8) is 0 Å². The zero-order valence-electron chi connectivity index (χ0n) is 19.5. The first kappa shape index (κ1) is 25.0. The summed E-state index contributed by atoms with van der Waals surface area (Å²) in [6.07, 6.45) is 4.25. The molecular formula is C26H34ClN3O3S. The molecule has 2 fully saturated rings. The van der Waals surface area contributed by atoms with E-state index in [1.165, 1.54) is 30.5 Å². The summed E-state index contributed by atoms with van der Waals surface area (Å²) in [5.74, 6) is 1.06. The van der Waals surface area contributed by atoms with Crippen LogP contribution in [-0.2, 0) is 34.1 Å².